The zero-order chi connectivity index (χ0) is 14.8. The molecular weight excluding hydrogens is 278 g/mol. The molecule has 1 aliphatic heterocycles. The highest BCUT2D eigenvalue weighted by molar-refractivity contribution is 7.89. The van der Waals surface area contributed by atoms with Crippen LogP contribution in [0.3, 0.4) is 0 Å². The third-order valence-corrected chi connectivity index (χ3v) is 5.27. The molecule has 6 heteroatoms. The van der Waals surface area contributed by atoms with E-state index in [-0.39, 0.29) is 11.3 Å². The monoisotopic (exact) mass is 297 g/mol. The van der Waals surface area contributed by atoms with E-state index in [0.29, 0.717) is 12.8 Å². The second-order valence-electron chi connectivity index (χ2n) is 4.94. The van der Waals surface area contributed by atoms with Crippen molar-refractivity contribution in [2.24, 2.45) is 0 Å². The number of amides is 1. The van der Waals surface area contributed by atoms with Gasteiger partial charge in [-0.1, -0.05) is 17.7 Å². The molecule has 1 aromatic carbocycles. The summed E-state index contributed by atoms with van der Waals surface area (Å²) in [5.74, 6) is -0.394. The summed E-state index contributed by atoms with van der Waals surface area (Å²) in [6.07, 6.45) is 1.54. The van der Waals surface area contributed by atoms with Crippen molar-refractivity contribution in [3.05, 3.63) is 29.8 Å². The Bertz CT molecular complexity index is 580. The zero-order valence-corrected chi connectivity index (χ0v) is 12.5. The van der Waals surface area contributed by atoms with Crippen LogP contribution >= 0.6 is 0 Å². The van der Waals surface area contributed by atoms with Gasteiger partial charge in [-0.05, 0) is 38.3 Å². The van der Waals surface area contributed by atoms with Crippen LogP contribution in [-0.2, 0) is 19.6 Å². The van der Waals surface area contributed by atoms with Gasteiger partial charge >= 0.3 is 0 Å². The molecule has 0 unspecified atom stereocenters. The fourth-order valence-corrected chi connectivity index (χ4v) is 3.88. The molecule has 5 nitrogen and oxygen atoms in total. The van der Waals surface area contributed by atoms with Gasteiger partial charge in [-0.2, -0.15) is 0 Å². The number of carbonyl (C=O) groups is 1. The van der Waals surface area contributed by atoms with Crippen LogP contribution in [0.15, 0.2) is 29.2 Å². The minimum absolute atomic E-state index is 0.125. The first-order chi connectivity index (χ1) is 9.46. The van der Waals surface area contributed by atoms with Gasteiger partial charge in [0.2, 0.25) is 5.91 Å². The molecule has 1 amide bonds. The Morgan fingerprint density at radius 2 is 1.85 bits per heavy atom. The van der Waals surface area contributed by atoms with Crippen molar-refractivity contribution >= 4 is 15.9 Å². The lowest BCUT2D eigenvalue weighted by Gasteiger charge is -2.28. The van der Waals surface area contributed by atoms with Crippen LogP contribution in [0.5, 0.6) is 0 Å². The Hall–Kier alpha value is -1.40. The van der Waals surface area contributed by atoms with E-state index in [9.17, 15) is 13.2 Å². The number of aryl methyl sites for hydroxylation is 1. The second-order valence-corrected chi connectivity index (χ2v) is 6.76. The zero-order valence-electron chi connectivity index (χ0n) is 11.7. The topological polar surface area (TPSA) is 63.7 Å². The predicted molar refractivity (Wildman–Crippen MR) is 74.5 cm³/mol. The molecule has 1 heterocycles. The average molecular weight is 297 g/mol. The van der Waals surface area contributed by atoms with Crippen molar-refractivity contribution in [2.45, 2.75) is 43.7 Å². The summed E-state index contributed by atoms with van der Waals surface area (Å²) < 4.78 is 31.4. The summed E-state index contributed by atoms with van der Waals surface area (Å²) in [4.78, 5) is 12.3. The van der Waals surface area contributed by atoms with Gasteiger partial charge in [0, 0.05) is 13.5 Å². The third kappa shape index (κ3) is 2.86. The van der Waals surface area contributed by atoms with Gasteiger partial charge in [0.15, 0.2) is 0 Å². The Labute approximate surface area is 119 Å². The molecular formula is C14H19NO4S. The van der Waals surface area contributed by atoms with Crippen LogP contribution in [0, 0.1) is 6.92 Å². The number of hydrogen-bond donors (Lipinski definition) is 0. The van der Waals surface area contributed by atoms with Crippen molar-refractivity contribution in [3.63, 3.8) is 0 Å². The lowest BCUT2D eigenvalue weighted by Crippen LogP contribution is -2.44. The first kappa shape index (κ1) is 15.0. The normalized spacial score (nSPS) is 20.8. The Kier molecular flexibility index (Phi) is 4.45. The summed E-state index contributed by atoms with van der Waals surface area (Å²) in [7, 11) is -2.42. The van der Waals surface area contributed by atoms with Gasteiger partial charge in [0.1, 0.15) is 6.23 Å². The van der Waals surface area contributed by atoms with E-state index in [1.807, 2.05) is 6.92 Å². The fourth-order valence-electron chi connectivity index (χ4n) is 2.31. The van der Waals surface area contributed by atoms with E-state index in [4.69, 9.17) is 4.74 Å². The molecule has 1 aromatic rings. The molecule has 0 radical (unpaired) electrons. The number of benzene rings is 1. The maximum atomic E-state index is 12.7. The standard InChI is InChI=1S/C14H19NO4S/c1-11-7-9-12(10-8-11)20(17,18)15-13(16)5-3-4-6-14(15)19-2/h7-10,14H,3-6H2,1-2H3/t14-/m0/s1. The van der Waals surface area contributed by atoms with E-state index in [1.165, 1.54) is 19.2 Å². The van der Waals surface area contributed by atoms with E-state index in [2.05, 4.69) is 0 Å². The minimum Gasteiger partial charge on any atom is -0.360 e. The number of carbonyl (C=O) groups excluding carboxylic acids is 1. The molecule has 20 heavy (non-hydrogen) atoms. The van der Waals surface area contributed by atoms with Crippen LogP contribution in [0.25, 0.3) is 0 Å². The van der Waals surface area contributed by atoms with Crippen LogP contribution in [0.2, 0.25) is 0 Å². The molecule has 0 spiro atoms. The number of sulfonamides is 1. The van der Waals surface area contributed by atoms with E-state index < -0.39 is 22.2 Å². The maximum absolute atomic E-state index is 12.7. The van der Waals surface area contributed by atoms with Gasteiger partial charge in [-0.3, -0.25) is 4.79 Å². The molecule has 0 saturated carbocycles. The van der Waals surface area contributed by atoms with Crippen molar-refractivity contribution in [3.8, 4) is 0 Å². The highest BCUT2D eigenvalue weighted by Gasteiger charge is 2.36. The third-order valence-electron chi connectivity index (χ3n) is 3.45. The number of nitrogens with zero attached hydrogens (tertiary/aromatic N) is 1. The molecule has 0 aromatic heterocycles. The first-order valence-corrected chi connectivity index (χ1v) is 8.07. The maximum Gasteiger partial charge on any atom is 0.268 e. The largest absolute Gasteiger partial charge is 0.360 e. The quantitative estimate of drug-likeness (QED) is 0.856. The first-order valence-electron chi connectivity index (χ1n) is 6.63. The van der Waals surface area contributed by atoms with Crippen LogP contribution < -0.4 is 0 Å². The van der Waals surface area contributed by atoms with Gasteiger partial charge in [-0.25, -0.2) is 12.7 Å². The number of ether oxygens (including phenoxy) is 1. The van der Waals surface area contributed by atoms with Gasteiger partial charge in [0.25, 0.3) is 10.0 Å². The van der Waals surface area contributed by atoms with Crippen molar-refractivity contribution < 1.29 is 17.9 Å². The summed E-state index contributed by atoms with van der Waals surface area (Å²) in [6, 6.07) is 6.49. The van der Waals surface area contributed by atoms with Crippen molar-refractivity contribution in [2.75, 3.05) is 7.11 Å². The lowest BCUT2D eigenvalue weighted by molar-refractivity contribution is -0.133. The molecule has 0 bridgehead atoms. The van der Waals surface area contributed by atoms with Gasteiger partial charge in [-0.15, -0.1) is 0 Å². The van der Waals surface area contributed by atoms with Crippen molar-refractivity contribution in [1.29, 1.82) is 0 Å². The minimum atomic E-state index is -3.85. The Morgan fingerprint density at radius 3 is 2.45 bits per heavy atom. The fraction of sp³-hybridized carbons (Fsp3) is 0.500. The summed E-state index contributed by atoms with van der Waals surface area (Å²) in [6.45, 7) is 1.88. The molecule has 1 saturated heterocycles. The SMILES string of the molecule is CO[C@H]1CCCCC(=O)N1S(=O)(=O)c1ccc(C)cc1. The lowest BCUT2D eigenvalue weighted by atomic mass is 10.2. The van der Waals surface area contributed by atoms with E-state index in [0.717, 1.165) is 16.3 Å². The molecule has 0 N–H and O–H groups in total. The molecule has 1 atom stereocenters. The van der Waals surface area contributed by atoms with E-state index in [1.54, 1.807) is 12.1 Å². The van der Waals surface area contributed by atoms with Crippen LogP contribution in [0.4, 0.5) is 0 Å². The average Bonchev–Trinajstić information content (AvgIpc) is 2.60. The Balaban J connectivity index is 2.43. The summed E-state index contributed by atoms with van der Waals surface area (Å²) >= 11 is 0. The summed E-state index contributed by atoms with van der Waals surface area (Å²) in [5, 5.41) is 0. The van der Waals surface area contributed by atoms with Crippen LogP contribution in [-0.4, -0.2) is 32.0 Å². The Morgan fingerprint density at radius 1 is 1.20 bits per heavy atom. The second kappa shape index (κ2) is 5.93. The molecule has 1 aliphatic rings. The number of methoxy groups -OCH3 is 1. The number of rotatable bonds is 3. The molecule has 1 fully saturated rings. The predicted octanol–water partition coefficient (Wildman–Crippen LogP) is 2.06. The van der Waals surface area contributed by atoms with Crippen molar-refractivity contribution in [1.82, 2.24) is 4.31 Å². The number of hydrogen-bond acceptors (Lipinski definition) is 4. The smallest absolute Gasteiger partial charge is 0.268 e. The highest BCUT2D eigenvalue weighted by Crippen LogP contribution is 2.26. The molecule has 110 valence electrons. The molecule has 2 rings (SSSR count). The van der Waals surface area contributed by atoms with E-state index >= 15 is 0 Å². The summed E-state index contributed by atoms with van der Waals surface area (Å²) in [5.41, 5.74) is 0.967. The van der Waals surface area contributed by atoms with Gasteiger partial charge < -0.3 is 4.74 Å². The van der Waals surface area contributed by atoms with Gasteiger partial charge in [0.05, 0.1) is 4.90 Å². The van der Waals surface area contributed by atoms with Crippen LogP contribution in [0.1, 0.15) is 31.2 Å². The molecule has 0 aliphatic carbocycles. The highest BCUT2D eigenvalue weighted by atomic mass is 32.2.